The maximum absolute atomic E-state index is 12.6. The molecule has 1 aromatic carbocycles. The molecule has 138 valence electrons. The maximum atomic E-state index is 12.6. The summed E-state index contributed by atoms with van der Waals surface area (Å²) in [5.41, 5.74) is 4.61. The van der Waals surface area contributed by atoms with Gasteiger partial charge in [-0.05, 0) is 24.1 Å². The van der Waals surface area contributed by atoms with E-state index in [1.807, 2.05) is 13.8 Å². The molecule has 27 heavy (non-hydrogen) atoms. The van der Waals surface area contributed by atoms with Crippen molar-refractivity contribution in [2.24, 2.45) is 5.92 Å². The SMILES string of the molecule is CC(C)Cn1nc(C(=O)NNC(=O)c2ccccn2)c2ccccc2c1=O. The number of benzene rings is 1. The van der Waals surface area contributed by atoms with Crippen LogP contribution in [0.1, 0.15) is 34.8 Å². The molecule has 0 radical (unpaired) electrons. The topological polar surface area (TPSA) is 106 Å². The smallest absolute Gasteiger partial charge is 0.267 e. The Bertz CT molecular complexity index is 1040. The molecule has 0 bridgehead atoms. The van der Waals surface area contributed by atoms with Crippen LogP contribution in [0.3, 0.4) is 0 Å². The van der Waals surface area contributed by atoms with Gasteiger partial charge in [0.25, 0.3) is 17.4 Å². The van der Waals surface area contributed by atoms with Gasteiger partial charge < -0.3 is 0 Å². The summed E-state index contributed by atoms with van der Waals surface area (Å²) in [5, 5.41) is 5.04. The van der Waals surface area contributed by atoms with Crippen molar-refractivity contribution in [3.63, 3.8) is 0 Å². The minimum absolute atomic E-state index is 0.0622. The third kappa shape index (κ3) is 4.00. The molecule has 0 aliphatic carbocycles. The highest BCUT2D eigenvalue weighted by Crippen LogP contribution is 2.13. The third-order valence-electron chi connectivity index (χ3n) is 3.81. The highest BCUT2D eigenvalue weighted by atomic mass is 16.2. The standard InChI is InChI=1S/C19H19N5O3/c1-12(2)11-24-19(27)14-8-4-3-7-13(14)16(23-24)18(26)22-21-17(25)15-9-5-6-10-20-15/h3-10,12H,11H2,1-2H3,(H,21,25)(H,22,26). The number of nitrogens with one attached hydrogen (secondary N) is 2. The summed E-state index contributed by atoms with van der Waals surface area (Å²) in [6, 6.07) is 11.6. The van der Waals surface area contributed by atoms with Gasteiger partial charge in [0.2, 0.25) is 0 Å². The average Bonchev–Trinajstić information content (AvgIpc) is 2.68. The quantitative estimate of drug-likeness (QED) is 0.682. The van der Waals surface area contributed by atoms with Crippen LogP contribution in [0.2, 0.25) is 0 Å². The fourth-order valence-electron chi connectivity index (χ4n) is 2.61. The number of hydrazine groups is 1. The Morgan fingerprint density at radius 2 is 1.67 bits per heavy atom. The van der Waals surface area contributed by atoms with Crippen LogP contribution in [0.5, 0.6) is 0 Å². The van der Waals surface area contributed by atoms with E-state index in [0.717, 1.165) is 0 Å². The molecule has 2 heterocycles. The number of hydrogen-bond acceptors (Lipinski definition) is 5. The van der Waals surface area contributed by atoms with E-state index in [9.17, 15) is 14.4 Å². The lowest BCUT2D eigenvalue weighted by Gasteiger charge is -2.13. The van der Waals surface area contributed by atoms with Gasteiger partial charge in [-0.15, -0.1) is 0 Å². The number of pyridine rings is 1. The van der Waals surface area contributed by atoms with Gasteiger partial charge >= 0.3 is 0 Å². The lowest BCUT2D eigenvalue weighted by Crippen LogP contribution is -2.43. The molecule has 0 saturated carbocycles. The van der Waals surface area contributed by atoms with Gasteiger partial charge in [-0.1, -0.05) is 38.1 Å². The number of fused-ring (bicyclic) bond motifs is 1. The first-order valence-corrected chi connectivity index (χ1v) is 8.49. The van der Waals surface area contributed by atoms with Crippen LogP contribution in [-0.2, 0) is 6.54 Å². The lowest BCUT2D eigenvalue weighted by atomic mass is 10.1. The van der Waals surface area contributed by atoms with Gasteiger partial charge in [0.1, 0.15) is 5.69 Å². The van der Waals surface area contributed by atoms with Crippen molar-refractivity contribution in [2.75, 3.05) is 0 Å². The first-order chi connectivity index (χ1) is 13.0. The monoisotopic (exact) mass is 365 g/mol. The summed E-state index contributed by atoms with van der Waals surface area (Å²) < 4.78 is 1.28. The van der Waals surface area contributed by atoms with Crippen molar-refractivity contribution in [1.82, 2.24) is 25.6 Å². The molecule has 0 unspecified atom stereocenters. The van der Waals surface area contributed by atoms with Crippen molar-refractivity contribution < 1.29 is 9.59 Å². The minimum Gasteiger partial charge on any atom is -0.267 e. The summed E-state index contributed by atoms with van der Waals surface area (Å²) in [6.07, 6.45) is 1.48. The lowest BCUT2D eigenvalue weighted by molar-refractivity contribution is 0.0841. The second kappa shape index (κ2) is 7.77. The summed E-state index contributed by atoms with van der Waals surface area (Å²) in [6.45, 7) is 4.29. The number of rotatable bonds is 4. The molecule has 8 nitrogen and oxygen atoms in total. The number of aromatic nitrogens is 3. The average molecular weight is 365 g/mol. The molecule has 3 rings (SSSR count). The molecule has 0 aliphatic heterocycles. The normalized spacial score (nSPS) is 10.8. The number of carbonyl (C=O) groups excluding carboxylic acids is 2. The molecular formula is C19H19N5O3. The van der Waals surface area contributed by atoms with Crippen LogP contribution in [0, 0.1) is 5.92 Å². The van der Waals surface area contributed by atoms with Gasteiger partial charge in [-0.3, -0.25) is 30.2 Å². The largest absolute Gasteiger partial charge is 0.290 e. The zero-order chi connectivity index (χ0) is 19.4. The van der Waals surface area contributed by atoms with Crippen LogP contribution >= 0.6 is 0 Å². The Morgan fingerprint density at radius 1 is 1.00 bits per heavy atom. The molecule has 0 fully saturated rings. The van der Waals surface area contributed by atoms with E-state index < -0.39 is 11.8 Å². The van der Waals surface area contributed by atoms with Crippen molar-refractivity contribution >= 4 is 22.6 Å². The second-order valence-corrected chi connectivity index (χ2v) is 6.40. The van der Waals surface area contributed by atoms with Crippen LogP contribution in [0.25, 0.3) is 10.8 Å². The fourth-order valence-corrected chi connectivity index (χ4v) is 2.61. The first-order valence-electron chi connectivity index (χ1n) is 8.49. The van der Waals surface area contributed by atoms with Crippen molar-refractivity contribution in [3.8, 4) is 0 Å². The molecule has 0 spiro atoms. The second-order valence-electron chi connectivity index (χ2n) is 6.40. The van der Waals surface area contributed by atoms with E-state index >= 15 is 0 Å². The summed E-state index contributed by atoms with van der Waals surface area (Å²) in [4.78, 5) is 41.2. The summed E-state index contributed by atoms with van der Waals surface area (Å²) in [5.74, 6) is -0.993. The zero-order valence-electron chi connectivity index (χ0n) is 15.0. The summed E-state index contributed by atoms with van der Waals surface area (Å²) >= 11 is 0. The predicted octanol–water partition coefficient (Wildman–Crippen LogP) is 1.52. The number of hydrogen-bond donors (Lipinski definition) is 2. The van der Waals surface area contributed by atoms with E-state index in [1.54, 1.807) is 36.4 Å². The van der Waals surface area contributed by atoms with E-state index in [-0.39, 0.29) is 22.9 Å². The Hall–Kier alpha value is -3.55. The molecule has 2 aromatic heterocycles. The van der Waals surface area contributed by atoms with Crippen molar-refractivity contribution in [3.05, 3.63) is 70.4 Å². The van der Waals surface area contributed by atoms with E-state index in [4.69, 9.17) is 0 Å². The van der Waals surface area contributed by atoms with Crippen molar-refractivity contribution in [1.29, 1.82) is 0 Å². The Morgan fingerprint density at radius 3 is 2.33 bits per heavy atom. The van der Waals surface area contributed by atoms with Crippen molar-refractivity contribution in [2.45, 2.75) is 20.4 Å². The zero-order valence-corrected chi connectivity index (χ0v) is 15.0. The van der Waals surface area contributed by atoms with Crippen LogP contribution in [0.15, 0.2) is 53.5 Å². The van der Waals surface area contributed by atoms with Crippen LogP contribution in [0.4, 0.5) is 0 Å². The number of amides is 2. The molecule has 0 aliphatic rings. The van der Waals surface area contributed by atoms with Gasteiger partial charge in [-0.2, -0.15) is 5.10 Å². The van der Waals surface area contributed by atoms with E-state index in [2.05, 4.69) is 20.9 Å². The highest BCUT2D eigenvalue weighted by molar-refractivity contribution is 6.05. The first kappa shape index (κ1) is 18.2. The fraction of sp³-hybridized carbons (Fsp3) is 0.211. The number of nitrogens with zero attached hydrogens (tertiary/aromatic N) is 3. The number of carbonyl (C=O) groups is 2. The molecule has 3 aromatic rings. The Kier molecular flexibility index (Phi) is 5.25. The molecule has 8 heteroatoms. The molecular weight excluding hydrogens is 346 g/mol. The molecule has 0 atom stereocenters. The Balaban J connectivity index is 1.90. The maximum Gasteiger partial charge on any atom is 0.290 e. The molecule has 2 amide bonds. The van der Waals surface area contributed by atoms with Gasteiger partial charge in [0.05, 0.1) is 5.39 Å². The van der Waals surface area contributed by atoms with Crippen LogP contribution in [-0.4, -0.2) is 26.6 Å². The Labute approximate surface area is 155 Å². The van der Waals surface area contributed by atoms with E-state index in [0.29, 0.717) is 17.3 Å². The summed E-state index contributed by atoms with van der Waals surface area (Å²) in [7, 11) is 0. The highest BCUT2D eigenvalue weighted by Gasteiger charge is 2.18. The van der Waals surface area contributed by atoms with Gasteiger partial charge in [0, 0.05) is 18.1 Å². The third-order valence-corrected chi connectivity index (χ3v) is 3.81. The van der Waals surface area contributed by atoms with E-state index in [1.165, 1.54) is 16.9 Å². The molecule has 2 N–H and O–H groups in total. The predicted molar refractivity (Wildman–Crippen MR) is 100 cm³/mol. The van der Waals surface area contributed by atoms with Crippen LogP contribution < -0.4 is 16.4 Å². The molecule has 0 saturated heterocycles. The van der Waals surface area contributed by atoms with Gasteiger partial charge in [0.15, 0.2) is 5.69 Å². The minimum atomic E-state index is -0.618. The van der Waals surface area contributed by atoms with Gasteiger partial charge in [-0.25, -0.2) is 4.68 Å².